The highest BCUT2D eigenvalue weighted by molar-refractivity contribution is 5.87. The highest BCUT2D eigenvalue weighted by atomic mass is 16.2. The summed E-state index contributed by atoms with van der Waals surface area (Å²) in [6.07, 6.45) is 1.43. The largest absolute Gasteiger partial charge is 0.382 e. The number of Topliss-reactive ketones (excluding diaryl/α,β-unsaturated/α-hetero) is 1. The van der Waals surface area contributed by atoms with Crippen molar-refractivity contribution < 1.29 is 9.59 Å². The van der Waals surface area contributed by atoms with Crippen LogP contribution < -0.4 is 17.2 Å². The van der Waals surface area contributed by atoms with E-state index in [9.17, 15) is 9.59 Å². The number of carbonyl (C=O) groups is 2. The first-order valence-electron chi connectivity index (χ1n) is 6.63. The van der Waals surface area contributed by atoms with E-state index in [1.54, 1.807) is 0 Å². The third kappa shape index (κ3) is 3.28. The number of anilines is 2. The fraction of sp³-hybridized carbons (Fsp3) is 0.417. The number of hydrogen-bond acceptors (Lipinski definition) is 8. The van der Waals surface area contributed by atoms with Gasteiger partial charge in [-0.15, -0.1) is 0 Å². The Morgan fingerprint density at radius 1 is 1.32 bits per heavy atom. The number of amides is 1. The van der Waals surface area contributed by atoms with Crippen LogP contribution in [0.25, 0.3) is 11.2 Å². The van der Waals surface area contributed by atoms with Crippen LogP contribution in [0.2, 0.25) is 0 Å². The molecular weight excluding hydrogens is 288 g/mol. The zero-order chi connectivity index (χ0) is 16.3. The smallest absolute Gasteiger partial charge is 0.243 e. The Morgan fingerprint density at radius 2 is 2.05 bits per heavy atom. The lowest BCUT2D eigenvalue weighted by atomic mass is 10.3. The lowest BCUT2D eigenvalue weighted by molar-refractivity contribution is -0.135. The summed E-state index contributed by atoms with van der Waals surface area (Å²) in [7, 11) is 0. The average Bonchev–Trinajstić information content (AvgIpc) is 2.81. The maximum atomic E-state index is 12.3. The van der Waals surface area contributed by atoms with E-state index < -0.39 is 0 Å². The topological polar surface area (TPSA) is 159 Å². The van der Waals surface area contributed by atoms with Crippen molar-refractivity contribution in [2.45, 2.75) is 13.5 Å². The molecule has 0 aromatic carbocycles. The molecule has 0 aliphatic rings. The number of rotatable bonds is 6. The van der Waals surface area contributed by atoms with Gasteiger partial charge in [-0.25, -0.2) is 4.98 Å². The first-order valence-corrected chi connectivity index (χ1v) is 6.63. The van der Waals surface area contributed by atoms with Crippen molar-refractivity contribution in [3.63, 3.8) is 0 Å². The molecule has 2 aromatic rings. The van der Waals surface area contributed by atoms with Crippen LogP contribution in [0.3, 0.4) is 0 Å². The van der Waals surface area contributed by atoms with Crippen LogP contribution in [-0.2, 0) is 16.1 Å². The zero-order valence-electron chi connectivity index (χ0n) is 12.2. The number of aromatic nitrogens is 4. The lowest BCUT2D eigenvalue weighted by Gasteiger charge is -2.20. The molecule has 0 saturated carbocycles. The second-order valence-corrected chi connectivity index (χ2v) is 4.82. The summed E-state index contributed by atoms with van der Waals surface area (Å²) < 4.78 is 1.51. The maximum absolute atomic E-state index is 12.3. The second kappa shape index (κ2) is 6.35. The van der Waals surface area contributed by atoms with E-state index >= 15 is 0 Å². The molecule has 0 spiro atoms. The van der Waals surface area contributed by atoms with E-state index in [1.165, 1.54) is 22.7 Å². The number of imidazole rings is 1. The van der Waals surface area contributed by atoms with Gasteiger partial charge in [0, 0.05) is 13.1 Å². The summed E-state index contributed by atoms with van der Waals surface area (Å²) in [4.78, 5) is 36.9. The molecule has 118 valence electrons. The van der Waals surface area contributed by atoms with Crippen molar-refractivity contribution in [2.24, 2.45) is 5.73 Å². The number of carbonyl (C=O) groups excluding carboxylic acids is 2. The van der Waals surface area contributed by atoms with Gasteiger partial charge >= 0.3 is 0 Å². The van der Waals surface area contributed by atoms with Crippen LogP contribution in [0.1, 0.15) is 6.92 Å². The summed E-state index contributed by atoms with van der Waals surface area (Å²) in [6.45, 7) is 1.95. The van der Waals surface area contributed by atoms with Crippen LogP contribution in [0.5, 0.6) is 0 Å². The van der Waals surface area contributed by atoms with E-state index in [2.05, 4.69) is 15.0 Å². The van der Waals surface area contributed by atoms with Gasteiger partial charge in [-0.1, -0.05) is 0 Å². The molecule has 10 heteroatoms. The monoisotopic (exact) mass is 306 g/mol. The van der Waals surface area contributed by atoms with Crippen LogP contribution in [0, 0.1) is 0 Å². The molecular formula is C12H18N8O2. The number of fused-ring (bicyclic) bond motifs is 1. The van der Waals surface area contributed by atoms with Crippen molar-refractivity contribution in [1.82, 2.24) is 24.4 Å². The quantitative estimate of drug-likeness (QED) is 0.573. The third-order valence-corrected chi connectivity index (χ3v) is 2.98. The standard InChI is InChI=1S/C12H18N8O2/c1-7(21)4-19(3-2-13)8(22)5-20-6-16-9-10(14)17-12(15)18-11(9)20/h6H,2-5,13H2,1H3,(H4,14,15,17,18). The predicted octanol–water partition coefficient (Wildman–Crippen LogP) is -1.63. The second-order valence-electron chi connectivity index (χ2n) is 4.82. The van der Waals surface area contributed by atoms with Crippen LogP contribution in [0.4, 0.5) is 11.8 Å². The first-order chi connectivity index (χ1) is 10.4. The van der Waals surface area contributed by atoms with Gasteiger partial charge in [0.05, 0.1) is 12.9 Å². The van der Waals surface area contributed by atoms with E-state index in [-0.39, 0.29) is 43.1 Å². The Balaban J connectivity index is 2.25. The molecule has 2 aromatic heterocycles. The van der Waals surface area contributed by atoms with Crippen LogP contribution in [-0.4, -0.2) is 55.7 Å². The van der Waals surface area contributed by atoms with Gasteiger partial charge in [0.1, 0.15) is 17.8 Å². The fourth-order valence-electron chi connectivity index (χ4n) is 2.06. The van der Waals surface area contributed by atoms with Crippen molar-refractivity contribution >= 4 is 34.6 Å². The number of ketones is 1. The summed E-state index contributed by atoms with van der Waals surface area (Å²) in [5, 5.41) is 0. The molecule has 1 amide bonds. The van der Waals surface area contributed by atoms with Crippen molar-refractivity contribution in [2.75, 3.05) is 31.1 Å². The van der Waals surface area contributed by atoms with E-state index in [0.29, 0.717) is 17.7 Å². The predicted molar refractivity (Wildman–Crippen MR) is 80.5 cm³/mol. The summed E-state index contributed by atoms with van der Waals surface area (Å²) >= 11 is 0. The molecule has 10 nitrogen and oxygen atoms in total. The Kier molecular flexibility index (Phi) is 4.51. The van der Waals surface area contributed by atoms with Gasteiger partial charge in [-0.2, -0.15) is 9.97 Å². The highest BCUT2D eigenvalue weighted by Crippen LogP contribution is 2.16. The molecule has 0 saturated heterocycles. The SMILES string of the molecule is CC(=O)CN(CCN)C(=O)Cn1cnc2c(N)nc(N)nc21. The van der Waals surface area contributed by atoms with Gasteiger partial charge in [-0.05, 0) is 6.92 Å². The van der Waals surface area contributed by atoms with E-state index in [4.69, 9.17) is 17.2 Å². The molecule has 22 heavy (non-hydrogen) atoms. The van der Waals surface area contributed by atoms with Gasteiger partial charge in [0.2, 0.25) is 11.9 Å². The highest BCUT2D eigenvalue weighted by Gasteiger charge is 2.17. The van der Waals surface area contributed by atoms with Gasteiger partial charge in [-0.3, -0.25) is 9.59 Å². The molecule has 0 bridgehead atoms. The minimum absolute atomic E-state index is 0.00162. The number of nitrogen functional groups attached to an aromatic ring is 2. The normalized spacial score (nSPS) is 10.8. The Hall–Kier alpha value is -2.75. The minimum Gasteiger partial charge on any atom is -0.382 e. The molecule has 0 aliphatic heterocycles. The Bertz CT molecular complexity index is 710. The van der Waals surface area contributed by atoms with Gasteiger partial charge in [0.25, 0.3) is 0 Å². The van der Waals surface area contributed by atoms with Crippen LogP contribution in [0.15, 0.2) is 6.33 Å². The fourth-order valence-corrected chi connectivity index (χ4v) is 2.06. The van der Waals surface area contributed by atoms with Gasteiger partial charge < -0.3 is 26.7 Å². The molecule has 6 N–H and O–H groups in total. The Labute approximate surface area is 126 Å². The molecule has 2 rings (SSSR count). The Morgan fingerprint density at radius 3 is 2.68 bits per heavy atom. The van der Waals surface area contributed by atoms with E-state index in [1.807, 2.05) is 0 Å². The average molecular weight is 306 g/mol. The molecule has 0 aliphatic carbocycles. The third-order valence-electron chi connectivity index (χ3n) is 2.98. The molecule has 0 fully saturated rings. The number of nitrogens with zero attached hydrogens (tertiary/aromatic N) is 5. The summed E-state index contributed by atoms with van der Waals surface area (Å²) in [6, 6.07) is 0. The van der Waals surface area contributed by atoms with Crippen molar-refractivity contribution in [3.05, 3.63) is 6.33 Å². The van der Waals surface area contributed by atoms with Crippen molar-refractivity contribution in [1.29, 1.82) is 0 Å². The molecule has 0 unspecified atom stereocenters. The minimum atomic E-state index is -0.268. The summed E-state index contributed by atoms with van der Waals surface area (Å²) in [5.41, 5.74) is 17.5. The lowest BCUT2D eigenvalue weighted by Crippen LogP contribution is -2.40. The van der Waals surface area contributed by atoms with Crippen LogP contribution >= 0.6 is 0 Å². The zero-order valence-corrected chi connectivity index (χ0v) is 12.2. The molecule has 0 atom stereocenters. The molecule has 2 heterocycles. The number of nitrogens with two attached hydrogens (primary N) is 3. The first kappa shape index (κ1) is 15.6. The van der Waals surface area contributed by atoms with Crippen molar-refractivity contribution in [3.8, 4) is 0 Å². The van der Waals surface area contributed by atoms with Gasteiger partial charge in [0.15, 0.2) is 11.5 Å². The summed E-state index contributed by atoms with van der Waals surface area (Å²) in [5.74, 6) is -0.234. The van der Waals surface area contributed by atoms with E-state index in [0.717, 1.165) is 0 Å². The number of hydrogen-bond donors (Lipinski definition) is 3. The molecule has 0 radical (unpaired) electrons. The maximum Gasteiger partial charge on any atom is 0.243 e.